The van der Waals surface area contributed by atoms with Crippen molar-refractivity contribution in [2.24, 2.45) is 0 Å². The first-order valence-electron chi connectivity index (χ1n) is 5.89. The third-order valence-electron chi connectivity index (χ3n) is 3.02. The van der Waals surface area contributed by atoms with E-state index in [1.54, 1.807) is 12.1 Å². The maximum absolute atomic E-state index is 11.8. The van der Waals surface area contributed by atoms with Gasteiger partial charge in [-0.3, -0.25) is 4.79 Å². The number of carbonyl (C=O) groups excluding carboxylic acids is 1. The molecule has 0 bridgehead atoms. The summed E-state index contributed by atoms with van der Waals surface area (Å²) in [7, 11) is 0. The van der Waals surface area contributed by atoms with Crippen LogP contribution in [-0.4, -0.2) is 31.2 Å². The second-order valence-electron chi connectivity index (χ2n) is 4.85. The Bertz CT molecular complexity index is 458. The van der Waals surface area contributed by atoms with E-state index < -0.39 is 0 Å². The molecule has 1 fully saturated rings. The van der Waals surface area contributed by atoms with Gasteiger partial charge >= 0.3 is 0 Å². The molecule has 0 unspecified atom stereocenters. The highest BCUT2D eigenvalue weighted by Crippen LogP contribution is 2.20. The average Bonchev–Trinajstić information content (AvgIpc) is 2.29. The molecule has 1 amide bonds. The van der Waals surface area contributed by atoms with Crippen molar-refractivity contribution < 1.29 is 9.53 Å². The van der Waals surface area contributed by atoms with E-state index in [0.29, 0.717) is 5.02 Å². The van der Waals surface area contributed by atoms with Crippen LogP contribution in [0.3, 0.4) is 0 Å². The number of carbonyl (C=O) groups is 1. The molecule has 0 spiro atoms. The fourth-order valence-corrected chi connectivity index (χ4v) is 1.91. The summed E-state index contributed by atoms with van der Waals surface area (Å²) in [6.07, 6.45) is 0. The van der Waals surface area contributed by atoms with Gasteiger partial charge in [-0.1, -0.05) is 17.7 Å². The molecular formula is C13H17ClN2O2. The summed E-state index contributed by atoms with van der Waals surface area (Å²) in [6.45, 7) is 5.54. The highest BCUT2D eigenvalue weighted by atomic mass is 35.5. The molecule has 2 rings (SSSR count). The van der Waals surface area contributed by atoms with E-state index in [4.69, 9.17) is 16.3 Å². The number of amides is 1. The normalized spacial score (nSPS) is 17.1. The van der Waals surface area contributed by atoms with Crippen molar-refractivity contribution in [1.82, 2.24) is 5.32 Å². The summed E-state index contributed by atoms with van der Waals surface area (Å²) in [6, 6.07) is 5.40. The molecule has 0 aliphatic carbocycles. The summed E-state index contributed by atoms with van der Waals surface area (Å²) in [5.74, 6) is -0.159. The van der Waals surface area contributed by atoms with Crippen molar-refractivity contribution in [1.29, 1.82) is 0 Å². The number of aryl methyl sites for hydroxylation is 1. The van der Waals surface area contributed by atoms with Crippen LogP contribution >= 0.6 is 11.6 Å². The topological polar surface area (TPSA) is 50.4 Å². The van der Waals surface area contributed by atoms with Gasteiger partial charge in [-0.15, -0.1) is 0 Å². The Hall–Kier alpha value is -1.10. The van der Waals surface area contributed by atoms with E-state index in [2.05, 4.69) is 10.6 Å². The molecule has 1 saturated heterocycles. The fourth-order valence-electron chi connectivity index (χ4n) is 1.73. The molecule has 0 aromatic heterocycles. The number of halogens is 1. The maximum Gasteiger partial charge on any atom is 0.250 e. The van der Waals surface area contributed by atoms with Crippen LogP contribution in [0.15, 0.2) is 18.2 Å². The van der Waals surface area contributed by atoms with Crippen molar-refractivity contribution in [2.45, 2.75) is 19.4 Å². The minimum Gasteiger partial charge on any atom is -0.363 e. The molecule has 0 saturated carbocycles. The third-order valence-corrected chi connectivity index (χ3v) is 3.26. The van der Waals surface area contributed by atoms with Crippen LogP contribution in [0, 0.1) is 6.92 Å². The molecule has 0 atom stereocenters. The van der Waals surface area contributed by atoms with Crippen molar-refractivity contribution in [3.05, 3.63) is 28.8 Å². The summed E-state index contributed by atoms with van der Waals surface area (Å²) in [4.78, 5) is 11.8. The van der Waals surface area contributed by atoms with Crippen molar-refractivity contribution >= 4 is 23.2 Å². The lowest BCUT2D eigenvalue weighted by atomic mass is 10.0. The molecule has 1 aromatic carbocycles. The monoisotopic (exact) mass is 268 g/mol. The van der Waals surface area contributed by atoms with Gasteiger partial charge in [0.25, 0.3) is 0 Å². The van der Waals surface area contributed by atoms with Crippen molar-refractivity contribution in [3.8, 4) is 0 Å². The van der Waals surface area contributed by atoms with Gasteiger partial charge in [-0.05, 0) is 31.5 Å². The van der Waals surface area contributed by atoms with E-state index in [1.165, 1.54) is 0 Å². The smallest absolute Gasteiger partial charge is 0.250 e. The molecule has 1 aromatic rings. The van der Waals surface area contributed by atoms with E-state index in [9.17, 15) is 4.79 Å². The molecule has 1 heterocycles. The lowest BCUT2D eigenvalue weighted by Gasteiger charge is -2.38. The Morgan fingerprint density at radius 3 is 2.89 bits per heavy atom. The molecule has 2 N–H and O–H groups in total. The molecular weight excluding hydrogens is 252 g/mol. The van der Waals surface area contributed by atoms with Crippen LogP contribution in [0.1, 0.15) is 12.5 Å². The Morgan fingerprint density at radius 1 is 1.56 bits per heavy atom. The first-order valence-corrected chi connectivity index (χ1v) is 6.27. The lowest BCUT2D eigenvalue weighted by molar-refractivity contribution is -0.130. The number of anilines is 1. The first-order chi connectivity index (χ1) is 8.48. The summed E-state index contributed by atoms with van der Waals surface area (Å²) < 4.78 is 5.56. The molecule has 4 nitrogen and oxygen atoms in total. The molecule has 0 radical (unpaired) electrons. The van der Waals surface area contributed by atoms with E-state index >= 15 is 0 Å². The van der Waals surface area contributed by atoms with E-state index in [1.807, 2.05) is 19.9 Å². The zero-order chi connectivity index (χ0) is 13.2. The van der Waals surface area contributed by atoms with Crippen LogP contribution in [0.25, 0.3) is 0 Å². The second kappa shape index (κ2) is 5.26. The fraction of sp³-hybridized carbons (Fsp3) is 0.462. The van der Waals surface area contributed by atoms with Gasteiger partial charge in [-0.25, -0.2) is 0 Å². The van der Waals surface area contributed by atoms with Crippen LogP contribution in [0.4, 0.5) is 5.69 Å². The third kappa shape index (κ3) is 3.22. The van der Waals surface area contributed by atoms with Crippen LogP contribution in [-0.2, 0) is 9.53 Å². The average molecular weight is 269 g/mol. The molecule has 1 aliphatic rings. The number of benzene rings is 1. The number of ether oxygens (including phenoxy) is 1. The Morgan fingerprint density at radius 2 is 2.28 bits per heavy atom. The quantitative estimate of drug-likeness (QED) is 0.878. The van der Waals surface area contributed by atoms with Crippen LogP contribution in [0.2, 0.25) is 5.02 Å². The number of rotatable bonds is 4. The van der Waals surface area contributed by atoms with Gasteiger partial charge in [0.15, 0.2) is 0 Å². The molecule has 5 heteroatoms. The van der Waals surface area contributed by atoms with E-state index in [0.717, 1.165) is 24.3 Å². The zero-order valence-corrected chi connectivity index (χ0v) is 11.3. The maximum atomic E-state index is 11.8. The van der Waals surface area contributed by atoms with Crippen molar-refractivity contribution in [2.75, 3.05) is 25.0 Å². The van der Waals surface area contributed by atoms with Gasteiger partial charge < -0.3 is 15.4 Å². The van der Waals surface area contributed by atoms with Gasteiger partial charge in [0, 0.05) is 23.8 Å². The number of nitrogens with one attached hydrogen (secondary N) is 2. The standard InChI is InChI=1S/C13H17ClN2O2/c1-9-3-4-10(14)5-11(9)16-12(17)6-18-13(2)7-15-8-13/h3-5,15H,6-8H2,1-2H3,(H,16,17). The predicted molar refractivity (Wildman–Crippen MR) is 72.0 cm³/mol. The largest absolute Gasteiger partial charge is 0.363 e. The first kappa shape index (κ1) is 13.3. The zero-order valence-electron chi connectivity index (χ0n) is 10.5. The highest BCUT2D eigenvalue weighted by Gasteiger charge is 2.32. The van der Waals surface area contributed by atoms with Crippen LogP contribution in [0.5, 0.6) is 0 Å². The van der Waals surface area contributed by atoms with Gasteiger partial charge in [0.2, 0.25) is 5.91 Å². The SMILES string of the molecule is Cc1ccc(Cl)cc1NC(=O)COC1(C)CNC1. The number of hydrogen-bond donors (Lipinski definition) is 2. The molecule has 18 heavy (non-hydrogen) atoms. The Kier molecular flexibility index (Phi) is 3.90. The predicted octanol–water partition coefficient (Wildman–Crippen LogP) is 1.97. The van der Waals surface area contributed by atoms with E-state index in [-0.39, 0.29) is 18.1 Å². The summed E-state index contributed by atoms with van der Waals surface area (Å²) >= 11 is 5.89. The highest BCUT2D eigenvalue weighted by molar-refractivity contribution is 6.31. The molecule has 1 aliphatic heterocycles. The summed E-state index contributed by atoms with van der Waals surface area (Å²) in [5, 5.41) is 6.52. The Labute approximate surface area is 112 Å². The van der Waals surface area contributed by atoms with Gasteiger partial charge in [0.1, 0.15) is 6.61 Å². The Balaban J connectivity index is 1.88. The minimum absolute atomic E-state index is 0.0597. The van der Waals surface area contributed by atoms with Gasteiger partial charge in [-0.2, -0.15) is 0 Å². The minimum atomic E-state index is -0.208. The lowest BCUT2D eigenvalue weighted by Crippen LogP contribution is -2.59. The number of hydrogen-bond acceptors (Lipinski definition) is 3. The van der Waals surface area contributed by atoms with Crippen LogP contribution < -0.4 is 10.6 Å². The van der Waals surface area contributed by atoms with Gasteiger partial charge in [0.05, 0.1) is 5.60 Å². The van der Waals surface area contributed by atoms with Crippen molar-refractivity contribution in [3.63, 3.8) is 0 Å². The summed E-state index contributed by atoms with van der Waals surface area (Å²) in [5.41, 5.74) is 1.50. The molecule has 98 valence electrons. The second-order valence-corrected chi connectivity index (χ2v) is 5.29.